The molecule has 3 amide bonds. The third-order valence-electron chi connectivity index (χ3n) is 5.64. The van der Waals surface area contributed by atoms with Gasteiger partial charge in [-0.15, -0.1) is 11.8 Å². The Labute approximate surface area is 231 Å². The van der Waals surface area contributed by atoms with Crippen molar-refractivity contribution in [3.63, 3.8) is 0 Å². The van der Waals surface area contributed by atoms with Gasteiger partial charge in [0, 0.05) is 27.9 Å². The number of furan rings is 1. The summed E-state index contributed by atoms with van der Waals surface area (Å²) in [7, 11) is 0. The van der Waals surface area contributed by atoms with Crippen LogP contribution in [0.4, 0.5) is 11.4 Å². The van der Waals surface area contributed by atoms with Crippen molar-refractivity contribution in [1.82, 2.24) is 5.32 Å². The second-order valence-corrected chi connectivity index (χ2v) is 10.4. The highest BCUT2D eigenvalue weighted by Gasteiger charge is 2.17. The van der Waals surface area contributed by atoms with Gasteiger partial charge in [0.1, 0.15) is 11.5 Å². The maximum atomic E-state index is 13.1. The van der Waals surface area contributed by atoms with Crippen molar-refractivity contribution in [2.45, 2.75) is 30.9 Å². The van der Waals surface area contributed by atoms with E-state index in [4.69, 9.17) is 4.42 Å². The first-order valence-electron chi connectivity index (χ1n) is 12.4. The predicted octanol–water partition coefficient (Wildman–Crippen LogP) is 6.43. The summed E-state index contributed by atoms with van der Waals surface area (Å²) in [5.41, 5.74) is 3.95. The molecule has 39 heavy (non-hydrogen) atoms. The van der Waals surface area contributed by atoms with Gasteiger partial charge in [0.05, 0.1) is 11.5 Å². The van der Waals surface area contributed by atoms with Gasteiger partial charge in [0.15, 0.2) is 0 Å². The SMILES string of the molecule is Cc1cc(C)cc(NC(=O)C(C)Sc2ccc(NC(=O)/C(=C/c3ccco3)NC(=O)c3ccccc3)cc2)c1. The zero-order valence-electron chi connectivity index (χ0n) is 21.9. The molecule has 0 aliphatic heterocycles. The summed E-state index contributed by atoms with van der Waals surface area (Å²) in [6.45, 7) is 5.84. The van der Waals surface area contributed by atoms with E-state index < -0.39 is 11.8 Å². The molecule has 0 bridgehead atoms. The molecule has 0 saturated heterocycles. The van der Waals surface area contributed by atoms with Crippen LogP contribution in [0.25, 0.3) is 6.08 Å². The van der Waals surface area contributed by atoms with Crippen LogP contribution < -0.4 is 16.0 Å². The van der Waals surface area contributed by atoms with Gasteiger partial charge in [-0.3, -0.25) is 14.4 Å². The minimum Gasteiger partial charge on any atom is -0.465 e. The van der Waals surface area contributed by atoms with E-state index in [1.165, 1.54) is 24.1 Å². The van der Waals surface area contributed by atoms with E-state index in [0.29, 0.717) is 17.0 Å². The molecule has 0 saturated carbocycles. The fourth-order valence-corrected chi connectivity index (χ4v) is 4.69. The fourth-order valence-electron chi connectivity index (χ4n) is 3.82. The van der Waals surface area contributed by atoms with Crippen molar-refractivity contribution in [1.29, 1.82) is 0 Å². The van der Waals surface area contributed by atoms with E-state index in [1.54, 1.807) is 48.5 Å². The molecule has 1 heterocycles. The largest absolute Gasteiger partial charge is 0.465 e. The topological polar surface area (TPSA) is 100 Å². The number of carbonyl (C=O) groups is 3. The van der Waals surface area contributed by atoms with Gasteiger partial charge in [-0.2, -0.15) is 0 Å². The van der Waals surface area contributed by atoms with Crippen molar-refractivity contribution in [3.8, 4) is 0 Å². The summed E-state index contributed by atoms with van der Waals surface area (Å²) in [5, 5.41) is 8.12. The standard InChI is InChI=1S/C31H29N3O4S/c1-20-16-21(2)18-25(17-20)33-29(35)22(3)39-27-13-11-24(12-14-27)32-31(37)28(19-26-10-7-15-38-26)34-30(36)23-8-5-4-6-9-23/h4-19,22H,1-3H3,(H,32,37)(H,33,35)(H,34,36)/b28-19-. The number of anilines is 2. The third-order valence-corrected chi connectivity index (χ3v) is 6.75. The Morgan fingerprint density at radius 1 is 0.821 bits per heavy atom. The monoisotopic (exact) mass is 539 g/mol. The zero-order chi connectivity index (χ0) is 27.8. The molecule has 3 aromatic carbocycles. The number of carbonyl (C=O) groups excluding carboxylic acids is 3. The Morgan fingerprint density at radius 3 is 2.15 bits per heavy atom. The molecule has 0 aliphatic rings. The van der Waals surface area contributed by atoms with Gasteiger partial charge in [0.2, 0.25) is 5.91 Å². The Morgan fingerprint density at radius 2 is 1.51 bits per heavy atom. The zero-order valence-corrected chi connectivity index (χ0v) is 22.7. The van der Waals surface area contributed by atoms with Crippen LogP contribution >= 0.6 is 11.8 Å². The summed E-state index contributed by atoms with van der Waals surface area (Å²) in [4.78, 5) is 39.4. The van der Waals surface area contributed by atoms with Crippen LogP contribution in [0.2, 0.25) is 0 Å². The molecule has 7 nitrogen and oxygen atoms in total. The first-order valence-corrected chi connectivity index (χ1v) is 13.2. The molecule has 0 aliphatic carbocycles. The lowest BCUT2D eigenvalue weighted by molar-refractivity contribution is -0.115. The number of amides is 3. The number of nitrogens with one attached hydrogen (secondary N) is 3. The average molecular weight is 540 g/mol. The van der Waals surface area contributed by atoms with Crippen molar-refractivity contribution >= 4 is 46.9 Å². The maximum absolute atomic E-state index is 13.1. The highest BCUT2D eigenvalue weighted by molar-refractivity contribution is 8.00. The number of thioether (sulfide) groups is 1. The second-order valence-electron chi connectivity index (χ2n) is 9.00. The highest BCUT2D eigenvalue weighted by Crippen LogP contribution is 2.26. The number of hydrogen-bond donors (Lipinski definition) is 3. The first-order chi connectivity index (χ1) is 18.8. The quantitative estimate of drug-likeness (QED) is 0.168. The fraction of sp³-hybridized carbons (Fsp3) is 0.129. The average Bonchev–Trinajstić information content (AvgIpc) is 3.42. The Kier molecular flexibility index (Phi) is 9.01. The van der Waals surface area contributed by atoms with Gasteiger partial charge < -0.3 is 20.4 Å². The molecule has 1 aromatic heterocycles. The minimum absolute atomic E-state index is 0.0360. The second kappa shape index (κ2) is 12.8. The van der Waals surface area contributed by atoms with Crippen molar-refractivity contribution in [2.24, 2.45) is 0 Å². The number of rotatable bonds is 9. The lowest BCUT2D eigenvalue weighted by atomic mass is 10.1. The molecular formula is C31H29N3O4S. The van der Waals surface area contributed by atoms with E-state index >= 15 is 0 Å². The van der Waals surface area contributed by atoms with Gasteiger partial charge in [-0.25, -0.2) is 0 Å². The molecule has 4 rings (SSSR count). The Balaban J connectivity index is 1.39. The molecule has 4 aromatic rings. The van der Waals surface area contributed by atoms with E-state index in [-0.39, 0.29) is 16.9 Å². The Bertz CT molecular complexity index is 1460. The smallest absolute Gasteiger partial charge is 0.272 e. The molecule has 0 radical (unpaired) electrons. The molecule has 1 unspecified atom stereocenters. The molecule has 8 heteroatoms. The van der Waals surface area contributed by atoms with Crippen LogP contribution in [-0.2, 0) is 9.59 Å². The maximum Gasteiger partial charge on any atom is 0.272 e. The first kappa shape index (κ1) is 27.5. The van der Waals surface area contributed by atoms with Crippen LogP contribution in [0, 0.1) is 13.8 Å². The van der Waals surface area contributed by atoms with Gasteiger partial charge in [-0.05, 0) is 92.6 Å². The van der Waals surface area contributed by atoms with Crippen LogP contribution in [0.3, 0.4) is 0 Å². The highest BCUT2D eigenvalue weighted by atomic mass is 32.2. The van der Waals surface area contributed by atoms with Crippen molar-refractivity contribution in [2.75, 3.05) is 10.6 Å². The molecule has 198 valence electrons. The van der Waals surface area contributed by atoms with Crippen LogP contribution in [0.15, 0.2) is 106 Å². The molecule has 1 atom stereocenters. The Hall–Kier alpha value is -4.56. The molecular weight excluding hydrogens is 510 g/mol. The molecule has 3 N–H and O–H groups in total. The summed E-state index contributed by atoms with van der Waals surface area (Å²) >= 11 is 1.42. The van der Waals surface area contributed by atoms with Crippen molar-refractivity contribution < 1.29 is 18.8 Å². The van der Waals surface area contributed by atoms with E-state index in [9.17, 15) is 14.4 Å². The lowest BCUT2D eigenvalue weighted by Crippen LogP contribution is -2.30. The van der Waals surface area contributed by atoms with Crippen molar-refractivity contribution in [3.05, 3.63) is 119 Å². The van der Waals surface area contributed by atoms with Gasteiger partial charge >= 0.3 is 0 Å². The molecule has 0 spiro atoms. The van der Waals surface area contributed by atoms with E-state index in [2.05, 4.69) is 22.0 Å². The number of hydrogen-bond acceptors (Lipinski definition) is 5. The summed E-state index contributed by atoms with van der Waals surface area (Å²) in [6, 6.07) is 25.1. The van der Waals surface area contributed by atoms with Gasteiger partial charge in [0.25, 0.3) is 11.8 Å². The van der Waals surface area contributed by atoms with E-state index in [0.717, 1.165) is 21.7 Å². The predicted molar refractivity (Wildman–Crippen MR) is 156 cm³/mol. The molecule has 0 fully saturated rings. The third kappa shape index (κ3) is 7.96. The van der Waals surface area contributed by atoms with Crippen LogP contribution in [-0.4, -0.2) is 23.0 Å². The normalized spacial score (nSPS) is 11.9. The number of benzene rings is 3. The van der Waals surface area contributed by atoms with Crippen LogP contribution in [0.1, 0.15) is 34.2 Å². The summed E-state index contributed by atoms with van der Waals surface area (Å²) in [6.07, 6.45) is 2.95. The van der Waals surface area contributed by atoms with Gasteiger partial charge in [-0.1, -0.05) is 24.3 Å². The summed E-state index contributed by atoms with van der Waals surface area (Å²) < 4.78 is 5.33. The van der Waals surface area contributed by atoms with E-state index in [1.807, 2.05) is 51.1 Å². The van der Waals surface area contributed by atoms with Crippen LogP contribution in [0.5, 0.6) is 0 Å². The number of aryl methyl sites for hydroxylation is 2. The lowest BCUT2D eigenvalue weighted by Gasteiger charge is -2.14. The summed E-state index contributed by atoms with van der Waals surface area (Å²) in [5.74, 6) is -0.585. The minimum atomic E-state index is -0.503.